The highest BCUT2D eigenvalue weighted by Gasteiger charge is 2.31. The monoisotopic (exact) mass is 456 g/mol. The maximum Gasteiger partial charge on any atom is 0.331 e. The minimum absolute atomic E-state index is 0.0765. The third-order valence-corrected chi connectivity index (χ3v) is 6.69. The maximum atomic E-state index is 12.3. The minimum Gasteiger partial charge on any atom is -0.454 e. The molecule has 0 bridgehead atoms. The predicted molar refractivity (Wildman–Crippen MR) is 120 cm³/mol. The third-order valence-electron chi connectivity index (χ3n) is 5.29. The van der Waals surface area contributed by atoms with Gasteiger partial charge in [-0.3, -0.25) is 14.5 Å². The summed E-state index contributed by atoms with van der Waals surface area (Å²) < 4.78 is 31.7. The zero-order valence-corrected chi connectivity index (χ0v) is 18.4. The van der Waals surface area contributed by atoms with Crippen molar-refractivity contribution in [2.45, 2.75) is 30.7 Å². The molecule has 0 saturated carbocycles. The first-order valence-corrected chi connectivity index (χ1v) is 11.8. The van der Waals surface area contributed by atoms with Crippen LogP contribution in [-0.4, -0.2) is 51.9 Å². The summed E-state index contributed by atoms with van der Waals surface area (Å²) in [7, 11) is -3.70. The number of ether oxygens (including phenoxy) is 1. The number of nitrogens with zero attached hydrogens (tertiary/aromatic N) is 2. The van der Waals surface area contributed by atoms with Crippen LogP contribution in [-0.2, 0) is 24.3 Å². The molecule has 10 heteroatoms. The van der Waals surface area contributed by atoms with Crippen LogP contribution in [0, 0.1) is 0 Å². The smallest absolute Gasteiger partial charge is 0.331 e. The number of anilines is 2. The van der Waals surface area contributed by atoms with E-state index in [1.807, 2.05) is 24.3 Å². The number of amides is 1. The van der Waals surface area contributed by atoms with E-state index in [2.05, 4.69) is 19.9 Å². The zero-order chi connectivity index (χ0) is 22.7. The molecule has 2 aliphatic rings. The molecule has 2 N–H and O–H groups in total. The molecule has 0 unspecified atom stereocenters. The molecule has 1 amide bonds. The number of amidine groups is 1. The lowest BCUT2D eigenvalue weighted by atomic mass is 10.2. The number of carbonyl (C=O) groups is 2. The number of sulfonamides is 1. The molecule has 0 spiro atoms. The lowest BCUT2D eigenvalue weighted by Crippen LogP contribution is -2.28. The number of nitrogens with one attached hydrogen (secondary N) is 2. The molecular formula is C22H24N4O5S. The van der Waals surface area contributed by atoms with Crippen LogP contribution in [0.2, 0.25) is 0 Å². The van der Waals surface area contributed by atoms with Crippen molar-refractivity contribution in [3.8, 4) is 0 Å². The average molecular weight is 457 g/mol. The fourth-order valence-electron chi connectivity index (χ4n) is 3.66. The molecule has 2 aromatic carbocycles. The number of esters is 1. The van der Waals surface area contributed by atoms with Gasteiger partial charge >= 0.3 is 5.97 Å². The van der Waals surface area contributed by atoms with E-state index < -0.39 is 34.5 Å². The molecule has 2 heterocycles. The lowest BCUT2D eigenvalue weighted by Gasteiger charge is -2.17. The first-order chi connectivity index (χ1) is 15.3. The zero-order valence-electron chi connectivity index (χ0n) is 17.6. The van der Waals surface area contributed by atoms with Crippen LogP contribution in [0.3, 0.4) is 0 Å². The van der Waals surface area contributed by atoms with Crippen molar-refractivity contribution in [3.05, 3.63) is 54.1 Å². The number of benzene rings is 2. The first kappa shape index (κ1) is 21.8. The summed E-state index contributed by atoms with van der Waals surface area (Å²) in [5.74, 6) is -1.13. The number of fused-ring (bicyclic) bond motifs is 1. The quantitative estimate of drug-likeness (QED) is 0.641. The number of hydrogen-bond donors (Lipinski definition) is 2. The molecule has 1 saturated heterocycles. The molecule has 0 radical (unpaired) electrons. The van der Waals surface area contributed by atoms with Crippen molar-refractivity contribution in [3.63, 3.8) is 0 Å². The lowest BCUT2D eigenvalue weighted by molar-refractivity contribution is -0.148. The van der Waals surface area contributed by atoms with Crippen LogP contribution in [0.5, 0.6) is 0 Å². The summed E-state index contributed by atoms with van der Waals surface area (Å²) in [5.41, 5.74) is 2.12. The van der Waals surface area contributed by atoms with E-state index in [0.29, 0.717) is 11.3 Å². The Morgan fingerprint density at radius 1 is 1.12 bits per heavy atom. The molecule has 0 aliphatic carbocycles. The van der Waals surface area contributed by atoms with E-state index in [4.69, 9.17) is 4.74 Å². The van der Waals surface area contributed by atoms with Gasteiger partial charge in [-0.1, -0.05) is 12.1 Å². The Morgan fingerprint density at radius 3 is 2.53 bits per heavy atom. The average Bonchev–Trinajstić information content (AvgIpc) is 3.40. The molecule has 2 aromatic rings. The maximum absolute atomic E-state index is 12.3. The molecule has 168 valence electrons. The van der Waals surface area contributed by atoms with Gasteiger partial charge in [0.1, 0.15) is 11.9 Å². The van der Waals surface area contributed by atoms with Gasteiger partial charge in [0.05, 0.1) is 4.90 Å². The van der Waals surface area contributed by atoms with Crippen LogP contribution in [0.15, 0.2) is 58.4 Å². The second-order valence-electron chi connectivity index (χ2n) is 7.65. The van der Waals surface area contributed by atoms with Crippen molar-refractivity contribution in [1.82, 2.24) is 4.72 Å². The van der Waals surface area contributed by atoms with E-state index in [9.17, 15) is 18.0 Å². The van der Waals surface area contributed by atoms with Gasteiger partial charge in [0, 0.05) is 30.0 Å². The predicted octanol–water partition coefficient (Wildman–Crippen LogP) is 1.90. The third kappa shape index (κ3) is 4.75. The van der Waals surface area contributed by atoms with E-state index >= 15 is 0 Å². The van der Waals surface area contributed by atoms with E-state index in [1.165, 1.54) is 25.8 Å². The number of rotatable bonds is 6. The summed E-state index contributed by atoms with van der Waals surface area (Å²) in [5, 5.41) is 2.69. The normalized spacial score (nSPS) is 18.7. The topological polar surface area (TPSA) is 117 Å². The Balaban J connectivity index is 1.31. The Hall–Kier alpha value is -3.40. The van der Waals surface area contributed by atoms with Gasteiger partial charge in [0.2, 0.25) is 0 Å². The van der Waals surface area contributed by atoms with Gasteiger partial charge in [-0.25, -0.2) is 13.2 Å². The summed E-state index contributed by atoms with van der Waals surface area (Å²) >= 11 is 0. The molecule has 0 aromatic heterocycles. The molecule has 9 nitrogen and oxygen atoms in total. The van der Waals surface area contributed by atoms with Gasteiger partial charge in [-0.05, 0) is 56.2 Å². The van der Waals surface area contributed by atoms with Crippen molar-refractivity contribution in [2.24, 2.45) is 4.99 Å². The van der Waals surface area contributed by atoms with Crippen molar-refractivity contribution < 1.29 is 22.7 Å². The Morgan fingerprint density at radius 2 is 1.81 bits per heavy atom. The Labute approximate surface area is 186 Å². The number of hydrogen-bond acceptors (Lipinski definition) is 7. The molecule has 1 atom stereocenters. The van der Waals surface area contributed by atoms with Crippen molar-refractivity contribution in [1.29, 1.82) is 0 Å². The van der Waals surface area contributed by atoms with Gasteiger partial charge in [-0.15, -0.1) is 0 Å². The second kappa shape index (κ2) is 8.99. The SMILES string of the molecule is C[C@H](N=C1NS(=O)(=O)c2ccccc21)C(=O)OCC(=O)Nc1ccc(N2CCCC2)cc1. The Kier molecular flexibility index (Phi) is 6.13. The highest BCUT2D eigenvalue weighted by Crippen LogP contribution is 2.23. The fourth-order valence-corrected chi connectivity index (χ4v) is 4.90. The van der Waals surface area contributed by atoms with Gasteiger partial charge in [-0.2, -0.15) is 0 Å². The van der Waals surface area contributed by atoms with Crippen LogP contribution in [0.1, 0.15) is 25.3 Å². The van der Waals surface area contributed by atoms with Crippen LogP contribution >= 0.6 is 0 Å². The molecule has 32 heavy (non-hydrogen) atoms. The largest absolute Gasteiger partial charge is 0.454 e. The van der Waals surface area contributed by atoms with E-state index in [-0.39, 0.29) is 10.7 Å². The minimum atomic E-state index is -3.70. The molecule has 2 aliphatic heterocycles. The molecule has 1 fully saturated rings. The standard InChI is InChI=1S/C22H24N4O5S/c1-15(23-21-18-6-2-3-7-19(18)32(29,30)25-21)22(28)31-14-20(27)24-16-8-10-17(11-9-16)26-12-4-5-13-26/h2-3,6-11,15H,4-5,12-14H2,1H3,(H,23,25)(H,24,27)/t15-/m0/s1. The highest BCUT2D eigenvalue weighted by molar-refractivity contribution is 7.90. The van der Waals surface area contributed by atoms with Crippen LogP contribution in [0.25, 0.3) is 0 Å². The Bertz CT molecular complexity index is 1160. The van der Waals surface area contributed by atoms with Crippen molar-refractivity contribution >= 4 is 39.1 Å². The van der Waals surface area contributed by atoms with Crippen molar-refractivity contribution in [2.75, 3.05) is 29.9 Å². The summed E-state index contributed by atoms with van der Waals surface area (Å²) in [6.45, 7) is 3.08. The number of carbonyl (C=O) groups excluding carboxylic acids is 2. The summed E-state index contributed by atoms with van der Waals surface area (Å²) in [4.78, 5) is 30.9. The first-order valence-electron chi connectivity index (χ1n) is 10.3. The molecular weight excluding hydrogens is 432 g/mol. The highest BCUT2D eigenvalue weighted by atomic mass is 32.2. The van der Waals surface area contributed by atoms with Gasteiger partial charge in [0.15, 0.2) is 6.61 Å². The fraction of sp³-hybridized carbons (Fsp3) is 0.318. The number of aliphatic imine (C=N–C) groups is 1. The summed E-state index contributed by atoms with van der Waals surface area (Å²) in [6, 6.07) is 12.9. The van der Waals surface area contributed by atoms with E-state index in [1.54, 1.807) is 18.2 Å². The van der Waals surface area contributed by atoms with Gasteiger partial charge < -0.3 is 15.0 Å². The second-order valence-corrected chi connectivity index (χ2v) is 9.30. The van der Waals surface area contributed by atoms with Crippen LogP contribution in [0.4, 0.5) is 11.4 Å². The molecule has 4 rings (SSSR count). The summed E-state index contributed by atoms with van der Waals surface area (Å²) in [6.07, 6.45) is 2.37. The van der Waals surface area contributed by atoms with Gasteiger partial charge in [0.25, 0.3) is 15.9 Å². The van der Waals surface area contributed by atoms with E-state index in [0.717, 1.165) is 18.8 Å². The van der Waals surface area contributed by atoms with Crippen LogP contribution < -0.4 is 14.9 Å².